The SMILES string of the molecule is CC(=O)[O-].COCCOC.[K+]. The molecular weight excluding hydrogens is 175 g/mol. The molecule has 11 heavy (non-hydrogen) atoms. The smallest absolute Gasteiger partial charge is 0.550 e. The van der Waals surface area contributed by atoms with Crippen LogP contribution in [0.1, 0.15) is 6.92 Å². The number of hydrogen-bond donors (Lipinski definition) is 0. The van der Waals surface area contributed by atoms with Crippen LogP contribution in [0.2, 0.25) is 0 Å². The van der Waals surface area contributed by atoms with Gasteiger partial charge in [-0.1, -0.05) is 0 Å². The fraction of sp³-hybridized carbons (Fsp3) is 0.833. The van der Waals surface area contributed by atoms with Gasteiger partial charge in [-0.2, -0.15) is 0 Å². The zero-order chi connectivity index (χ0) is 8.41. The van der Waals surface area contributed by atoms with Crippen LogP contribution in [0.4, 0.5) is 0 Å². The van der Waals surface area contributed by atoms with E-state index in [1.807, 2.05) is 0 Å². The van der Waals surface area contributed by atoms with Crippen LogP contribution in [0, 0.1) is 0 Å². The molecule has 0 rings (SSSR count). The van der Waals surface area contributed by atoms with E-state index in [0.29, 0.717) is 13.2 Å². The molecule has 0 aromatic heterocycles. The molecule has 0 heterocycles. The third-order valence-electron chi connectivity index (χ3n) is 0.492. The van der Waals surface area contributed by atoms with Gasteiger partial charge in [-0.15, -0.1) is 0 Å². The van der Waals surface area contributed by atoms with Crippen LogP contribution >= 0.6 is 0 Å². The van der Waals surface area contributed by atoms with Gasteiger partial charge in [0.15, 0.2) is 0 Å². The molecule has 0 fully saturated rings. The molecule has 5 heteroatoms. The summed E-state index contributed by atoms with van der Waals surface area (Å²) in [5.74, 6) is -1.08. The summed E-state index contributed by atoms with van der Waals surface area (Å²) in [4.78, 5) is 8.89. The van der Waals surface area contributed by atoms with Gasteiger partial charge in [0.2, 0.25) is 0 Å². The van der Waals surface area contributed by atoms with Crippen molar-refractivity contribution in [3.63, 3.8) is 0 Å². The molecule has 0 aromatic carbocycles. The van der Waals surface area contributed by atoms with Crippen molar-refractivity contribution in [3.05, 3.63) is 0 Å². The Bertz CT molecular complexity index is 69.0. The van der Waals surface area contributed by atoms with E-state index in [9.17, 15) is 0 Å². The van der Waals surface area contributed by atoms with Gasteiger partial charge >= 0.3 is 51.4 Å². The minimum absolute atomic E-state index is 0. The van der Waals surface area contributed by atoms with Gasteiger partial charge in [0.05, 0.1) is 13.2 Å². The standard InChI is InChI=1S/C4H10O2.C2H4O2.K/c1-5-3-4-6-2;1-2(3)4;/h3-4H2,1-2H3;1H3,(H,3,4);/q;;+1/p-1. The van der Waals surface area contributed by atoms with Crippen LogP contribution in [-0.2, 0) is 14.3 Å². The molecule has 0 saturated heterocycles. The molecule has 0 unspecified atom stereocenters. The minimum atomic E-state index is -1.08. The number of carboxylic acids is 1. The molecule has 0 amide bonds. The Kier molecular flexibility index (Phi) is 28.1. The number of carbonyl (C=O) groups excluding carboxylic acids is 1. The first-order valence-corrected chi connectivity index (χ1v) is 2.80. The van der Waals surface area contributed by atoms with Crippen molar-refractivity contribution in [2.75, 3.05) is 27.4 Å². The number of ether oxygens (including phenoxy) is 2. The second kappa shape index (κ2) is 17.2. The van der Waals surface area contributed by atoms with Crippen LogP contribution < -0.4 is 56.5 Å². The molecule has 62 valence electrons. The number of aliphatic carboxylic acids is 1. The molecule has 0 aliphatic rings. The molecule has 0 aromatic rings. The zero-order valence-corrected chi connectivity index (χ0v) is 10.7. The van der Waals surface area contributed by atoms with Crippen molar-refractivity contribution in [2.45, 2.75) is 6.92 Å². The van der Waals surface area contributed by atoms with E-state index in [1.54, 1.807) is 14.2 Å². The Balaban J connectivity index is -0.000000114. The van der Waals surface area contributed by atoms with Crippen LogP contribution in [0.3, 0.4) is 0 Å². The molecule has 0 bridgehead atoms. The molecule has 0 aliphatic carbocycles. The molecule has 0 atom stereocenters. The molecule has 0 saturated carbocycles. The van der Waals surface area contributed by atoms with Crippen LogP contribution in [0.15, 0.2) is 0 Å². The maximum absolute atomic E-state index is 8.89. The largest absolute Gasteiger partial charge is 1.00 e. The van der Waals surface area contributed by atoms with Gasteiger partial charge in [-0.25, -0.2) is 0 Å². The summed E-state index contributed by atoms with van der Waals surface area (Å²) >= 11 is 0. The quantitative estimate of drug-likeness (QED) is 0.335. The Hall–Kier alpha value is 1.03. The van der Waals surface area contributed by atoms with E-state index in [4.69, 9.17) is 9.90 Å². The fourth-order valence-corrected chi connectivity index (χ4v) is 0.167. The first-order chi connectivity index (χ1) is 4.65. The Morgan fingerprint density at radius 2 is 1.45 bits per heavy atom. The third kappa shape index (κ3) is 55.4. The summed E-state index contributed by atoms with van der Waals surface area (Å²) in [5, 5.41) is 8.89. The number of methoxy groups -OCH3 is 2. The average molecular weight is 188 g/mol. The van der Waals surface area contributed by atoms with E-state index in [-0.39, 0.29) is 51.4 Å². The second-order valence-corrected chi connectivity index (χ2v) is 1.48. The first kappa shape index (κ1) is 17.9. The second-order valence-electron chi connectivity index (χ2n) is 1.48. The van der Waals surface area contributed by atoms with Crippen LogP contribution in [-0.4, -0.2) is 33.4 Å². The summed E-state index contributed by atoms with van der Waals surface area (Å²) in [7, 11) is 3.30. The molecule has 0 spiro atoms. The van der Waals surface area contributed by atoms with Gasteiger partial charge in [-0.3, -0.25) is 0 Å². The zero-order valence-electron chi connectivity index (χ0n) is 7.55. The molecule has 0 aliphatic heterocycles. The summed E-state index contributed by atoms with van der Waals surface area (Å²) in [5.41, 5.74) is 0. The molecule has 0 radical (unpaired) electrons. The number of carbonyl (C=O) groups is 1. The minimum Gasteiger partial charge on any atom is -0.550 e. The molecular formula is C6H13KO4. The summed E-state index contributed by atoms with van der Waals surface area (Å²) in [6.45, 7) is 2.35. The topological polar surface area (TPSA) is 58.6 Å². The van der Waals surface area contributed by atoms with Gasteiger partial charge < -0.3 is 19.4 Å². The predicted octanol–water partition coefficient (Wildman–Crippen LogP) is -3.96. The number of hydrogen-bond acceptors (Lipinski definition) is 4. The number of rotatable bonds is 3. The first-order valence-electron chi connectivity index (χ1n) is 2.80. The van der Waals surface area contributed by atoms with Crippen molar-refractivity contribution in [1.29, 1.82) is 0 Å². The van der Waals surface area contributed by atoms with Crippen LogP contribution in [0.25, 0.3) is 0 Å². The fourth-order valence-electron chi connectivity index (χ4n) is 0.167. The van der Waals surface area contributed by atoms with E-state index in [0.717, 1.165) is 6.92 Å². The van der Waals surface area contributed by atoms with Gasteiger partial charge in [0.1, 0.15) is 0 Å². The molecule has 0 N–H and O–H groups in total. The Labute approximate surface area is 110 Å². The predicted molar refractivity (Wildman–Crippen MR) is 34.4 cm³/mol. The van der Waals surface area contributed by atoms with Crippen molar-refractivity contribution >= 4 is 5.97 Å². The summed E-state index contributed by atoms with van der Waals surface area (Å²) in [6, 6.07) is 0. The molecule has 4 nitrogen and oxygen atoms in total. The van der Waals surface area contributed by atoms with E-state index >= 15 is 0 Å². The van der Waals surface area contributed by atoms with Crippen molar-refractivity contribution < 1.29 is 70.8 Å². The summed E-state index contributed by atoms with van der Waals surface area (Å²) in [6.07, 6.45) is 0. The maximum atomic E-state index is 8.89. The van der Waals surface area contributed by atoms with E-state index in [1.165, 1.54) is 0 Å². The van der Waals surface area contributed by atoms with Crippen molar-refractivity contribution in [3.8, 4) is 0 Å². The Morgan fingerprint density at radius 1 is 1.27 bits per heavy atom. The maximum Gasteiger partial charge on any atom is 1.00 e. The average Bonchev–Trinajstić information content (AvgIpc) is 1.82. The van der Waals surface area contributed by atoms with Crippen molar-refractivity contribution in [2.24, 2.45) is 0 Å². The monoisotopic (exact) mass is 188 g/mol. The van der Waals surface area contributed by atoms with Crippen LogP contribution in [0.5, 0.6) is 0 Å². The Morgan fingerprint density at radius 3 is 1.55 bits per heavy atom. The van der Waals surface area contributed by atoms with Gasteiger partial charge in [0, 0.05) is 20.2 Å². The van der Waals surface area contributed by atoms with E-state index in [2.05, 4.69) is 9.47 Å². The summed E-state index contributed by atoms with van der Waals surface area (Å²) < 4.78 is 9.31. The van der Waals surface area contributed by atoms with Crippen molar-refractivity contribution in [1.82, 2.24) is 0 Å². The number of carboxylic acid groups (broad SMARTS) is 1. The third-order valence-corrected chi connectivity index (χ3v) is 0.492. The van der Waals surface area contributed by atoms with E-state index < -0.39 is 5.97 Å². The van der Waals surface area contributed by atoms with Gasteiger partial charge in [-0.05, 0) is 6.92 Å². The normalized spacial score (nSPS) is 7.18. The van der Waals surface area contributed by atoms with Gasteiger partial charge in [0.25, 0.3) is 0 Å².